The van der Waals surface area contributed by atoms with Crippen molar-refractivity contribution in [1.82, 2.24) is 9.55 Å². The molecule has 5 heteroatoms. The Morgan fingerprint density at radius 1 is 1.37 bits per heavy atom. The Hall–Kier alpha value is -2.04. The van der Waals surface area contributed by atoms with E-state index in [1.54, 1.807) is 10.6 Å². The number of aromatic nitrogens is 2. The molecule has 0 radical (unpaired) electrons. The maximum absolute atomic E-state index is 12.1. The van der Waals surface area contributed by atoms with Gasteiger partial charge in [-0.15, -0.1) is 0 Å². The highest BCUT2D eigenvalue weighted by Gasteiger charge is 2.25. The summed E-state index contributed by atoms with van der Waals surface area (Å²) in [5.41, 5.74) is 1.16. The Balaban J connectivity index is 2.73. The third kappa shape index (κ3) is 2.28. The minimum atomic E-state index is -0.995. The molecule has 0 amide bonds. The van der Waals surface area contributed by atoms with Crippen LogP contribution >= 0.6 is 0 Å². The zero-order chi connectivity index (χ0) is 14.4. The predicted molar refractivity (Wildman–Crippen MR) is 73.7 cm³/mol. The lowest BCUT2D eigenvalue weighted by molar-refractivity contribution is 0.0697. The van der Waals surface area contributed by atoms with Gasteiger partial charge in [0.1, 0.15) is 0 Å². The molecule has 0 fully saturated rings. The standard InChI is InChI=1S/C14H18N2O3/c1-8(14(2,3)4)16-11-7-9(12(17)18)5-6-10(11)15-13(16)19/h5-8H,1-4H3,(H,15,19)(H,17,18). The quantitative estimate of drug-likeness (QED) is 0.873. The highest BCUT2D eigenvalue weighted by Crippen LogP contribution is 2.31. The number of imidazole rings is 1. The summed E-state index contributed by atoms with van der Waals surface area (Å²) >= 11 is 0. The van der Waals surface area contributed by atoms with Crippen LogP contribution in [-0.4, -0.2) is 20.6 Å². The highest BCUT2D eigenvalue weighted by atomic mass is 16.4. The lowest BCUT2D eigenvalue weighted by Gasteiger charge is -2.28. The predicted octanol–water partition coefficient (Wildman–Crippen LogP) is 2.63. The van der Waals surface area contributed by atoms with Crippen LogP contribution in [0.4, 0.5) is 0 Å². The molecule has 0 bridgehead atoms. The molecule has 19 heavy (non-hydrogen) atoms. The molecule has 0 spiro atoms. The average Bonchev–Trinajstić information content (AvgIpc) is 2.61. The van der Waals surface area contributed by atoms with Crippen LogP contribution in [0.5, 0.6) is 0 Å². The molecular formula is C14H18N2O3. The number of H-pyrrole nitrogens is 1. The molecular weight excluding hydrogens is 244 g/mol. The third-order valence-electron chi connectivity index (χ3n) is 3.61. The molecule has 0 aliphatic heterocycles. The molecule has 102 valence electrons. The second-order valence-corrected chi connectivity index (χ2v) is 5.88. The van der Waals surface area contributed by atoms with Crippen LogP contribution in [0.25, 0.3) is 11.0 Å². The van der Waals surface area contributed by atoms with Gasteiger partial charge in [0.25, 0.3) is 0 Å². The second kappa shape index (κ2) is 4.26. The number of aromatic amines is 1. The van der Waals surface area contributed by atoms with Crippen LogP contribution in [0.15, 0.2) is 23.0 Å². The molecule has 5 nitrogen and oxygen atoms in total. The topological polar surface area (TPSA) is 75.1 Å². The molecule has 1 heterocycles. The first-order chi connectivity index (χ1) is 8.71. The zero-order valence-electron chi connectivity index (χ0n) is 11.5. The molecule has 1 aromatic heterocycles. The van der Waals surface area contributed by atoms with E-state index in [1.165, 1.54) is 12.1 Å². The molecule has 2 N–H and O–H groups in total. The highest BCUT2D eigenvalue weighted by molar-refractivity contribution is 5.92. The fourth-order valence-electron chi connectivity index (χ4n) is 2.03. The van der Waals surface area contributed by atoms with E-state index in [0.29, 0.717) is 11.0 Å². The van der Waals surface area contributed by atoms with Gasteiger partial charge in [-0.05, 0) is 30.5 Å². The van der Waals surface area contributed by atoms with Gasteiger partial charge in [-0.1, -0.05) is 20.8 Å². The summed E-state index contributed by atoms with van der Waals surface area (Å²) in [6, 6.07) is 4.62. The summed E-state index contributed by atoms with van der Waals surface area (Å²) in [4.78, 5) is 25.9. The summed E-state index contributed by atoms with van der Waals surface area (Å²) in [7, 11) is 0. The first-order valence-corrected chi connectivity index (χ1v) is 6.19. The fraction of sp³-hybridized carbons (Fsp3) is 0.429. The second-order valence-electron chi connectivity index (χ2n) is 5.88. The van der Waals surface area contributed by atoms with Crippen molar-refractivity contribution in [3.05, 3.63) is 34.2 Å². The minimum Gasteiger partial charge on any atom is -0.478 e. The van der Waals surface area contributed by atoms with Crippen LogP contribution in [-0.2, 0) is 0 Å². The first-order valence-electron chi connectivity index (χ1n) is 6.19. The smallest absolute Gasteiger partial charge is 0.335 e. The van der Waals surface area contributed by atoms with E-state index in [1.807, 2.05) is 27.7 Å². The van der Waals surface area contributed by atoms with Gasteiger partial charge in [-0.25, -0.2) is 9.59 Å². The van der Waals surface area contributed by atoms with Crippen LogP contribution in [0.2, 0.25) is 0 Å². The first kappa shape index (κ1) is 13.4. The zero-order valence-corrected chi connectivity index (χ0v) is 11.5. The molecule has 2 rings (SSSR count). The number of carboxylic acid groups (broad SMARTS) is 1. The molecule has 0 aliphatic carbocycles. The normalized spacial score (nSPS) is 13.7. The average molecular weight is 262 g/mol. The number of nitrogens with one attached hydrogen (secondary N) is 1. The van der Waals surface area contributed by atoms with E-state index in [0.717, 1.165) is 0 Å². The van der Waals surface area contributed by atoms with Gasteiger partial charge in [-0.3, -0.25) is 4.57 Å². The van der Waals surface area contributed by atoms with E-state index < -0.39 is 5.97 Å². The van der Waals surface area contributed by atoms with E-state index in [-0.39, 0.29) is 22.7 Å². The summed E-state index contributed by atoms with van der Waals surface area (Å²) in [5, 5.41) is 9.04. The number of hydrogen-bond donors (Lipinski definition) is 2. The fourth-order valence-corrected chi connectivity index (χ4v) is 2.03. The van der Waals surface area contributed by atoms with E-state index >= 15 is 0 Å². The van der Waals surface area contributed by atoms with Crippen LogP contribution in [0.3, 0.4) is 0 Å². The summed E-state index contributed by atoms with van der Waals surface area (Å²) in [6.45, 7) is 8.10. The van der Waals surface area contributed by atoms with Gasteiger partial charge < -0.3 is 10.1 Å². The lowest BCUT2D eigenvalue weighted by Crippen LogP contribution is -2.29. The van der Waals surface area contributed by atoms with Gasteiger partial charge >= 0.3 is 11.7 Å². The number of carboxylic acids is 1. The Morgan fingerprint density at radius 3 is 2.53 bits per heavy atom. The minimum absolute atomic E-state index is 0.0437. The van der Waals surface area contributed by atoms with Crippen molar-refractivity contribution in [1.29, 1.82) is 0 Å². The van der Waals surface area contributed by atoms with Gasteiger partial charge in [-0.2, -0.15) is 0 Å². The maximum atomic E-state index is 12.1. The number of carbonyl (C=O) groups is 1. The van der Waals surface area contributed by atoms with Crippen molar-refractivity contribution in [3.8, 4) is 0 Å². The summed E-state index contributed by atoms with van der Waals surface area (Å²) in [6.07, 6.45) is 0. The largest absolute Gasteiger partial charge is 0.478 e. The molecule has 2 aromatic rings. The van der Waals surface area contributed by atoms with E-state index in [2.05, 4.69) is 4.98 Å². The van der Waals surface area contributed by atoms with Crippen LogP contribution in [0, 0.1) is 5.41 Å². The molecule has 1 atom stereocenters. The maximum Gasteiger partial charge on any atom is 0.335 e. The molecule has 1 aromatic carbocycles. The monoisotopic (exact) mass is 262 g/mol. The van der Waals surface area contributed by atoms with Crippen LogP contribution < -0.4 is 5.69 Å². The Bertz CT molecular complexity index is 689. The van der Waals surface area contributed by atoms with E-state index in [4.69, 9.17) is 5.11 Å². The van der Waals surface area contributed by atoms with Crippen molar-refractivity contribution < 1.29 is 9.90 Å². The molecule has 0 saturated carbocycles. The van der Waals surface area contributed by atoms with Gasteiger partial charge in [0.05, 0.1) is 16.6 Å². The number of aromatic carboxylic acids is 1. The Morgan fingerprint density at radius 2 is 2.00 bits per heavy atom. The SMILES string of the molecule is CC(n1c(=O)[nH]c2ccc(C(=O)O)cc21)C(C)(C)C. The third-order valence-corrected chi connectivity index (χ3v) is 3.61. The molecule has 0 saturated heterocycles. The van der Waals surface area contributed by atoms with Crippen molar-refractivity contribution in [2.75, 3.05) is 0 Å². The lowest BCUT2D eigenvalue weighted by atomic mass is 9.88. The van der Waals surface area contributed by atoms with Crippen molar-refractivity contribution in [2.24, 2.45) is 5.41 Å². The number of nitrogens with zero attached hydrogens (tertiary/aromatic N) is 1. The summed E-state index contributed by atoms with van der Waals surface area (Å²) < 4.78 is 1.63. The number of rotatable bonds is 2. The summed E-state index contributed by atoms with van der Waals surface area (Å²) in [5.74, 6) is -0.995. The number of fused-ring (bicyclic) bond motifs is 1. The van der Waals surface area contributed by atoms with E-state index in [9.17, 15) is 9.59 Å². The van der Waals surface area contributed by atoms with Crippen molar-refractivity contribution in [2.45, 2.75) is 33.7 Å². The Labute approximate surface area is 110 Å². The van der Waals surface area contributed by atoms with Crippen molar-refractivity contribution in [3.63, 3.8) is 0 Å². The van der Waals surface area contributed by atoms with Crippen molar-refractivity contribution >= 4 is 17.0 Å². The Kier molecular flexibility index (Phi) is 3.00. The van der Waals surface area contributed by atoms with Gasteiger partial charge in [0.2, 0.25) is 0 Å². The van der Waals surface area contributed by atoms with Gasteiger partial charge in [0.15, 0.2) is 0 Å². The number of hydrogen-bond acceptors (Lipinski definition) is 2. The van der Waals surface area contributed by atoms with Gasteiger partial charge in [0, 0.05) is 6.04 Å². The molecule has 0 aliphatic rings. The number of benzene rings is 1. The van der Waals surface area contributed by atoms with Crippen LogP contribution in [0.1, 0.15) is 44.1 Å². The molecule has 1 unspecified atom stereocenters.